The topological polar surface area (TPSA) is 50.8 Å². The molecular weight excluding hydrogens is 376 g/mol. The highest BCUT2D eigenvalue weighted by molar-refractivity contribution is 6.31. The van der Waals surface area contributed by atoms with Crippen molar-refractivity contribution < 1.29 is 14.3 Å². The predicted molar refractivity (Wildman–Crippen MR) is 111 cm³/mol. The Morgan fingerprint density at radius 3 is 2.71 bits per heavy atom. The SMILES string of the molecule is Cc1ccc(C)c(OCC(=O)NCC(c2ccccc2Cl)N2CCOCC2)c1. The fraction of sp³-hybridized carbons (Fsp3) is 0.409. The monoisotopic (exact) mass is 402 g/mol. The summed E-state index contributed by atoms with van der Waals surface area (Å²) in [4.78, 5) is 14.7. The first kappa shape index (κ1) is 20.6. The fourth-order valence-corrected chi connectivity index (χ4v) is 3.60. The van der Waals surface area contributed by atoms with Crippen LogP contribution in [0.5, 0.6) is 5.75 Å². The molecule has 5 nitrogen and oxygen atoms in total. The summed E-state index contributed by atoms with van der Waals surface area (Å²) < 4.78 is 11.2. The molecule has 1 N–H and O–H groups in total. The van der Waals surface area contributed by atoms with Crippen LogP contribution in [0, 0.1) is 13.8 Å². The summed E-state index contributed by atoms with van der Waals surface area (Å²) in [5.74, 6) is 0.595. The lowest BCUT2D eigenvalue weighted by molar-refractivity contribution is -0.123. The van der Waals surface area contributed by atoms with Gasteiger partial charge in [0, 0.05) is 24.7 Å². The first-order valence-electron chi connectivity index (χ1n) is 9.57. The van der Waals surface area contributed by atoms with Crippen LogP contribution in [-0.4, -0.2) is 50.3 Å². The molecule has 1 aliphatic heterocycles. The third-order valence-corrected chi connectivity index (χ3v) is 5.29. The number of rotatable bonds is 7. The number of ether oxygens (including phenoxy) is 2. The molecule has 150 valence electrons. The number of hydrogen-bond donors (Lipinski definition) is 1. The van der Waals surface area contributed by atoms with Gasteiger partial charge in [-0.3, -0.25) is 9.69 Å². The number of amides is 1. The number of carbonyl (C=O) groups excluding carboxylic acids is 1. The maximum absolute atomic E-state index is 12.4. The average Bonchev–Trinajstić information content (AvgIpc) is 2.71. The van der Waals surface area contributed by atoms with Crippen molar-refractivity contribution in [3.8, 4) is 5.75 Å². The summed E-state index contributed by atoms with van der Waals surface area (Å²) in [6, 6.07) is 13.8. The Morgan fingerprint density at radius 1 is 1.21 bits per heavy atom. The number of nitrogens with zero attached hydrogens (tertiary/aromatic N) is 1. The molecule has 0 saturated carbocycles. The molecule has 2 aromatic carbocycles. The van der Waals surface area contributed by atoms with Gasteiger partial charge in [-0.05, 0) is 42.7 Å². The third-order valence-electron chi connectivity index (χ3n) is 4.95. The molecule has 1 fully saturated rings. The zero-order valence-corrected chi connectivity index (χ0v) is 17.2. The van der Waals surface area contributed by atoms with Gasteiger partial charge in [-0.25, -0.2) is 0 Å². The van der Waals surface area contributed by atoms with Crippen molar-refractivity contribution in [1.82, 2.24) is 10.2 Å². The molecule has 1 atom stereocenters. The van der Waals surface area contributed by atoms with E-state index >= 15 is 0 Å². The Labute approximate surface area is 171 Å². The number of aryl methyl sites for hydroxylation is 2. The summed E-state index contributed by atoms with van der Waals surface area (Å²) >= 11 is 6.43. The van der Waals surface area contributed by atoms with E-state index in [2.05, 4.69) is 10.2 Å². The Kier molecular flexibility index (Phi) is 7.31. The Morgan fingerprint density at radius 2 is 1.96 bits per heavy atom. The van der Waals surface area contributed by atoms with Crippen LogP contribution < -0.4 is 10.1 Å². The van der Waals surface area contributed by atoms with E-state index in [4.69, 9.17) is 21.1 Å². The smallest absolute Gasteiger partial charge is 0.258 e. The molecule has 1 aliphatic rings. The Hall–Kier alpha value is -2.08. The number of nitrogens with one attached hydrogen (secondary N) is 1. The summed E-state index contributed by atoms with van der Waals surface area (Å²) in [5.41, 5.74) is 3.13. The zero-order chi connectivity index (χ0) is 19.9. The van der Waals surface area contributed by atoms with Crippen LogP contribution >= 0.6 is 11.6 Å². The fourth-order valence-electron chi connectivity index (χ4n) is 3.34. The van der Waals surface area contributed by atoms with Gasteiger partial charge in [0.25, 0.3) is 5.91 Å². The Balaban J connectivity index is 1.62. The molecule has 6 heteroatoms. The van der Waals surface area contributed by atoms with Crippen LogP contribution in [0.15, 0.2) is 42.5 Å². The van der Waals surface area contributed by atoms with Crippen LogP contribution in [0.4, 0.5) is 0 Å². The lowest BCUT2D eigenvalue weighted by atomic mass is 10.0. The van der Waals surface area contributed by atoms with Crippen LogP contribution in [0.1, 0.15) is 22.7 Å². The van der Waals surface area contributed by atoms with Gasteiger partial charge >= 0.3 is 0 Å². The van der Waals surface area contributed by atoms with E-state index in [1.807, 2.05) is 56.3 Å². The molecule has 2 aromatic rings. The van der Waals surface area contributed by atoms with Crippen LogP contribution in [0.25, 0.3) is 0 Å². The first-order valence-corrected chi connectivity index (χ1v) is 9.95. The molecule has 0 radical (unpaired) electrons. The molecule has 1 unspecified atom stereocenters. The highest BCUT2D eigenvalue weighted by atomic mass is 35.5. The summed E-state index contributed by atoms with van der Waals surface area (Å²) in [7, 11) is 0. The summed E-state index contributed by atoms with van der Waals surface area (Å²) in [6.07, 6.45) is 0. The van der Waals surface area contributed by atoms with Crippen LogP contribution in [0.3, 0.4) is 0 Å². The molecule has 0 bridgehead atoms. The van der Waals surface area contributed by atoms with Gasteiger partial charge in [-0.2, -0.15) is 0 Å². The van der Waals surface area contributed by atoms with Crippen molar-refractivity contribution in [2.45, 2.75) is 19.9 Å². The van der Waals surface area contributed by atoms with Gasteiger partial charge in [0.1, 0.15) is 5.75 Å². The minimum absolute atomic E-state index is 0.00209. The van der Waals surface area contributed by atoms with Crippen molar-refractivity contribution in [3.05, 3.63) is 64.2 Å². The summed E-state index contributed by atoms with van der Waals surface area (Å²) in [5, 5.41) is 3.71. The van der Waals surface area contributed by atoms with Crippen molar-refractivity contribution in [1.29, 1.82) is 0 Å². The Bertz CT molecular complexity index is 806. The normalized spacial score (nSPS) is 15.8. The largest absolute Gasteiger partial charge is 0.483 e. The van der Waals surface area contributed by atoms with Gasteiger partial charge in [0.2, 0.25) is 0 Å². The molecule has 3 rings (SSSR count). The van der Waals surface area contributed by atoms with Gasteiger partial charge in [-0.15, -0.1) is 0 Å². The maximum Gasteiger partial charge on any atom is 0.258 e. The summed E-state index contributed by atoms with van der Waals surface area (Å²) in [6.45, 7) is 7.42. The van der Waals surface area contributed by atoms with Crippen molar-refractivity contribution >= 4 is 17.5 Å². The van der Waals surface area contributed by atoms with E-state index < -0.39 is 0 Å². The molecule has 1 heterocycles. The van der Waals surface area contributed by atoms with E-state index in [9.17, 15) is 4.79 Å². The number of morpholine rings is 1. The number of carbonyl (C=O) groups is 1. The number of halogens is 1. The molecule has 0 spiro atoms. The van der Waals surface area contributed by atoms with Gasteiger partial charge in [0.15, 0.2) is 6.61 Å². The van der Waals surface area contributed by atoms with E-state index in [1.54, 1.807) is 0 Å². The minimum Gasteiger partial charge on any atom is -0.483 e. The first-order chi connectivity index (χ1) is 13.5. The van der Waals surface area contributed by atoms with E-state index in [1.165, 1.54) is 0 Å². The van der Waals surface area contributed by atoms with Crippen LogP contribution in [0.2, 0.25) is 5.02 Å². The second kappa shape index (κ2) is 9.92. The molecule has 0 aliphatic carbocycles. The van der Waals surface area contributed by atoms with Gasteiger partial charge < -0.3 is 14.8 Å². The van der Waals surface area contributed by atoms with Crippen LogP contribution in [-0.2, 0) is 9.53 Å². The highest BCUT2D eigenvalue weighted by Crippen LogP contribution is 2.27. The molecule has 28 heavy (non-hydrogen) atoms. The second-order valence-corrected chi connectivity index (χ2v) is 7.45. The van der Waals surface area contributed by atoms with Crippen molar-refractivity contribution in [3.63, 3.8) is 0 Å². The minimum atomic E-state index is -0.147. The standard InChI is InChI=1S/C22H27ClN2O3/c1-16-7-8-17(2)21(13-16)28-15-22(26)24-14-20(25-9-11-27-12-10-25)18-5-3-4-6-19(18)23/h3-8,13,20H,9-12,14-15H2,1-2H3,(H,24,26). The van der Waals surface area contributed by atoms with Crippen molar-refractivity contribution in [2.75, 3.05) is 39.5 Å². The molecule has 1 saturated heterocycles. The quantitative estimate of drug-likeness (QED) is 0.769. The van der Waals surface area contributed by atoms with Gasteiger partial charge in [-0.1, -0.05) is 41.9 Å². The third kappa shape index (κ3) is 5.47. The predicted octanol–water partition coefficient (Wildman–Crippen LogP) is 3.53. The average molecular weight is 403 g/mol. The van der Waals surface area contributed by atoms with Crippen molar-refractivity contribution in [2.24, 2.45) is 0 Å². The lowest BCUT2D eigenvalue weighted by Gasteiger charge is -2.35. The number of benzene rings is 2. The lowest BCUT2D eigenvalue weighted by Crippen LogP contribution is -2.44. The van der Waals surface area contributed by atoms with Gasteiger partial charge in [0.05, 0.1) is 19.3 Å². The van der Waals surface area contributed by atoms with E-state index in [0.29, 0.717) is 24.8 Å². The highest BCUT2D eigenvalue weighted by Gasteiger charge is 2.24. The number of hydrogen-bond acceptors (Lipinski definition) is 4. The van der Waals surface area contributed by atoms with E-state index in [-0.39, 0.29) is 18.6 Å². The second-order valence-electron chi connectivity index (χ2n) is 7.05. The molecular formula is C22H27ClN2O3. The maximum atomic E-state index is 12.4. The zero-order valence-electron chi connectivity index (χ0n) is 16.4. The van der Waals surface area contributed by atoms with E-state index in [0.717, 1.165) is 35.5 Å². The molecule has 1 amide bonds. The molecule has 0 aromatic heterocycles.